The molecule has 6 heteroatoms. The van der Waals surface area contributed by atoms with E-state index in [9.17, 15) is 4.79 Å². The molecule has 0 saturated carbocycles. The van der Waals surface area contributed by atoms with Crippen molar-refractivity contribution in [2.45, 2.75) is 58.8 Å². The minimum absolute atomic E-state index is 0.00164. The van der Waals surface area contributed by atoms with Gasteiger partial charge >= 0.3 is 0 Å². The molecular formula is C25H35N3O3. The molecule has 2 aliphatic heterocycles. The maximum atomic E-state index is 12.3. The van der Waals surface area contributed by atoms with Crippen LogP contribution in [0.15, 0.2) is 36.5 Å². The molecule has 2 atom stereocenters. The first-order valence-electron chi connectivity index (χ1n) is 11.4. The highest BCUT2D eigenvalue weighted by molar-refractivity contribution is 5.73. The van der Waals surface area contributed by atoms with Gasteiger partial charge in [-0.25, -0.2) is 0 Å². The van der Waals surface area contributed by atoms with Crippen LogP contribution in [0.1, 0.15) is 50.9 Å². The SMILES string of the molecule is COc1ccc2c(c1)CN(C(C)=O)CC(C1CCCN(Cc3cccn3C(C)C)C1)O2. The van der Waals surface area contributed by atoms with Gasteiger partial charge in [0.2, 0.25) is 5.91 Å². The van der Waals surface area contributed by atoms with Crippen LogP contribution in [-0.2, 0) is 17.9 Å². The second-order valence-corrected chi connectivity index (χ2v) is 9.17. The minimum atomic E-state index is -0.00164. The van der Waals surface area contributed by atoms with Crippen molar-refractivity contribution in [1.82, 2.24) is 14.4 Å². The first-order chi connectivity index (χ1) is 14.9. The summed E-state index contributed by atoms with van der Waals surface area (Å²) in [6.45, 7) is 10.4. The largest absolute Gasteiger partial charge is 0.497 e. The second-order valence-electron chi connectivity index (χ2n) is 9.17. The van der Waals surface area contributed by atoms with Crippen molar-refractivity contribution in [2.75, 3.05) is 26.7 Å². The molecule has 0 spiro atoms. The van der Waals surface area contributed by atoms with E-state index < -0.39 is 0 Å². The lowest BCUT2D eigenvalue weighted by Gasteiger charge is -2.37. The summed E-state index contributed by atoms with van der Waals surface area (Å²) in [7, 11) is 1.66. The van der Waals surface area contributed by atoms with Crippen LogP contribution in [0.3, 0.4) is 0 Å². The molecule has 1 amide bonds. The summed E-state index contributed by atoms with van der Waals surface area (Å²) < 4.78 is 14.3. The predicted molar refractivity (Wildman–Crippen MR) is 121 cm³/mol. The quantitative estimate of drug-likeness (QED) is 0.724. The molecule has 1 fully saturated rings. The smallest absolute Gasteiger partial charge is 0.219 e. The summed E-state index contributed by atoms with van der Waals surface area (Å²) in [5.41, 5.74) is 2.37. The number of aromatic nitrogens is 1. The lowest BCUT2D eigenvalue weighted by Crippen LogP contribution is -2.46. The number of rotatable bonds is 5. The normalized spacial score (nSPS) is 22.0. The Balaban J connectivity index is 1.51. The van der Waals surface area contributed by atoms with Crippen molar-refractivity contribution in [2.24, 2.45) is 5.92 Å². The highest BCUT2D eigenvalue weighted by Crippen LogP contribution is 2.33. The molecule has 0 aliphatic carbocycles. The van der Waals surface area contributed by atoms with Crippen molar-refractivity contribution in [3.05, 3.63) is 47.8 Å². The third-order valence-electron chi connectivity index (χ3n) is 6.63. The Hall–Kier alpha value is -2.47. The van der Waals surface area contributed by atoms with Crippen LogP contribution in [0.4, 0.5) is 0 Å². The monoisotopic (exact) mass is 425 g/mol. The molecule has 0 N–H and O–H groups in total. The van der Waals surface area contributed by atoms with E-state index in [0.717, 1.165) is 49.5 Å². The van der Waals surface area contributed by atoms with Gasteiger partial charge in [-0.3, -0.25) is 9.69 Å². The molecule has 6 nitrogen and oxygen atoms in total. The number of ether oxygens (including phenoxy) is 2. The Morgan fingerprint density at radius 1 is 1.26 bits per heavy atom. The Labute approximate surface area is 185 Å². The van der Waals surface area contributed by atoms with Crippen molar-refractivity contribution in [3.63, 3.8) is 0 Å². The van der Waals surface area contributed by atoms with Crippen LogP contribution in [0, 0.1) is 5.92 Å². The van der Waals surface area contributed by atoms with Crippen LogP contribution in [0.2, 0.25) is 0 Å². The third kappa shape index (κ3) is 4.90. The third-order valence-corrected chi connectivity index (χ3v) is 6.63. The number of likely N-dealkylation sites (tertiary alicyclic amines) is 1. The van der Waals surface area contributed by atoms with E-state index in [1.807, 2.05) is 23.1 Å². The van der Waals surface area contributed by atoms with E-state index >= 15 is 0 Å². The first-order valence-corrected chi connectivity index (χ1v) is 11.4. The van der Waals surface area contributed by atoms with Crippen LogP contribution in [0.5, 0.6) is 11.5 Å². The molecule has 31 heavy (non-hydrogen) atoms. The Morgan fingerprint density at radius 3 is 2.84 bits per heavy atom. The molecule has 2 aliphatic rings. The molecule has 1 aromatic carbocycles. The molecule has 2 unspecified atom stereocenters. The molecule has 168 valence electrons. The summed E-state index contributed by atoms with van der Waals surface area (Å²) in [5, 5.41) is 0. The summed E-state index contributed by atoms with van der Waals surface area (Å²) in [6.07, 6.45) is 4.45. The fourth-order valence-corrected chi connectivity index (χ4v) is 4.93. The molecule has 1 saturated heterocycles. The van der Waals surface area contributed by atoms with Crippen LogP contribution < -0.4 is 9.47 Å². The number of carbonyl (C=O) groups is 1. The van der Waals surface area contributed by atoms with Gasteiger partial charge in [-0.05, 0) is 63.6 Å². The number of hydrogen-bond donors (Lipinski definition) is 0. The highest BCUT2D eigenvalue weighted by atomic mass is 16.5. The van der Waals surface area contributed by atoms with Gasteiger partial charge in [0.15, 0.2) is 0 Å². The van der Waals surface area contributed by atoms with Gasteiger partial charge < -0.3 is 18.9 Å². The van der Waals surface area contributed by atoms with Gasteiger partial charge in [-0.2, -0.15) is 0 Å². The zero-order chi connectivity index (χ0) is 22.0. The van der Waals surface area contributed by atoms with Gasteiger partial charge in [0, 0.05) is 56.0 Å². The van der Waals surface area contributed by atoms with E-state index in [1.54, 1.807) is 14.0 Å². The number of benzene rings is 1. The molecule has 1 aromatic heterocycles. The summed E-state index contributed by atoms with van der Waals surface area (Å²) in [6, 6.07) is 10.7. The van der Waals surface area contributed by atoms with Crippen LogP contribution in [0.25, 0.3) is 0 Å². The van der Waals surface area contributed by atoms with E-state index in [0.29, 0.717) is 25.0 Å². The van der Waals surface area contributed by atoms with E-state index in [1.165, 1.54) is 5.69 Å². The predicted octanol–water partition coefficient (Wildman–Crippen LogP) is 4.10. The summed E-state index contributed by atoms with van der Waals surface area (Å²) in [5.74, 6) is 2.15. The fraction of sp³-hybridized carbons (Fsp3) is 0.560. The van der Waals surface area contributed by atoms with Crippen molar-refractivity contribution in [1.29, 1.82) is 0 Å². The maximum Gasteiger partial charge on any atom is 0.219 e. The molecule has 0 radical (unpaired) electrons. The van der Waals surface area contributed by atoms with Crippen molar-refractivity contribution < 1.29 is 14.3 Å². The van der Waals surface area contributed by atoms with Gasteiger partial charge in [0.1, 0.15) is 17.6 Å². The van der Waals surface area contributed by atoms with Crippen LogP contribution >= 0.6 is 0 Å². The lowest BCUT2D eigenvalue weighted by molar-refractivity contribution is -0.130. The number of carbonyl (C=O) groups excluding carboxylic acids is 1. The molecule has 2 aromatic rings. The van der Waals surface area contributed by atoms with E-state index in [-0.39, 0.29) is 12.0 Å². The number of hydrogen-bond acceptors (Lipinski definition) is 4. The minimum Gasteiger partial charge on any atom is -0.497 e. The zero-order valence-electron chi connectivity index (χ0n) is 19.2. The first kappa shape index (κ1) is 21.8. The Kier molecular flexibility index (Phi) is 6.56. The standard InChI is InChI=1S/C25H35N3O3/c1-18(2)28-12-6-8-22(28)16-26-11-5-7-20(14-26)25-17-27(19(3)29)15-21-13-23(30-4)9-10-24(21)31-25/h6,8-10,12-13,18,20,25H,5,7,11,14-17H2,1-4H3. The second kappa shape index (κ2) is 9.35. The van der Waals surface area contributed by atoms with E-state index in [4.69, 9.17) is 9.47 Å². The number of methoxy groups -OCH3 is 1. The molecule has 0 bridgehead atoms. The zero-order valence-corrected chi connectivity index (χ0v) is 19.2. The average molecular weight is 426 g/mol. The highest BCUT2D eigenvalue weighted by Gasteiger charge is 2.34. The van der Waals surface area contributed by atoms with Crippen molar-refractivity contribution in [3.8, 4) is 11.5 Å². The maximum absolute atomic E-state index is 12.3. The summed E-state index contributed by atoms with van der Waals surface area (Å²) in [4.78, 5) is 16.8. The number of piperidine rings is 1. The molecular weight excluding hydrogens is 390 g/mol. The number of amides is 1. The average Bonchev–Trinajstić information content (AvgIpc) is 3.12. The topological polar surface area (TPSA) is 46.9 Å². The van der Waals surface area contributed by atoms with Gasteiger partial charge in [-0.1, -0.05) is 0 Å². The summed E-state index contributed by atoms with van der Waals surface area (Å²) >= 11 is 0. The number of nitrogens with zero attached hydrogens (tertiary/aromatic N) is 3. The lowest BCUT2D eigenvalue weighted by atomic mass is 9.91. The molecule has 3 heterocycles. The number of fused-ring (bicyclic) bond motifs is 1. The molecule has 4 rings (SSSR count). The van der Waals surface area contributed by atoms with Crippen LogP contribution in [-0.4, -0.2) is 53.1 Å². The van der Waals surface area contributed by atoms with E-state index in [2.05, 4.69) is 41.6 Å². The van der Waals surface area contributed by atoms with Gasteiger partial charge in [-0.15, -0.1) is 0 Å². The van der Waals surface area contributed by atoms with Gasteiger partial charge in [0.05, 0.1) is 13.7 Å². The Bertz CT molecular complexity index is 907. The van der Waals surface area contributed by atoms with Crippen molar-refractivity contribution >= 4 is 5.91 Å². The van der Waals surface area contributed by atoms with Gasteiger partial charge in [0.25, 0.3) is 0 Å². The Morgan fingerprint density at radius 2 is 2.10 bits per heavy atom. The fourth-order valence-electron chi connectivity index (χ4n) is 4.93.